The zero-order chi connectivity index (χ0) is 17.7. The largest absolute Gasteiger partial charge is 0.465 e. The van der Waals surface area contributed by atoms with E-state index in [4.69, 9.17) is 4.74 Å². The van der Waals surface area contributed by atoms with E-state index in [0.717, 1.165) is 23.4 Å². The van der Waals surface area contributed by atoms with Crippen LogP contribution in [0.25, 0.3) is 0 Å². The van der Waals surface area contributed by atoms with Crippen LogP contribution in [0.15, 0.2) is 34.6 Å². The minimum absolute atomic E-state index is 0.0461. The van der Waals surface area contributed by atoms with Gasteiger partial charge in [-0.1, -0.05) is 5.22 Å². The van der Waals surface area contributed by atoms with Crippen molar-refractivity contribution >= 4 is 23.4 Å². The van der Waals surface area contributed by atoms with Crippen molar-refractivity contribution in [2.75, 3.05) is 12.1 Å². The molecule has 0 amide bonds. The van der Waals surface area contributed by atoms with Gasteiger partial charge < -0.3 is 4.74 Å². The summed E-state index contributed by atoms with van der Waals surface area (Å²) in [6.07, 6.45) is 8.36. The molecule has 1 unspecified atom stereocenters. The van der Waals surface area contributed by atoms with Gasteiger partial charge in [0.05, 0.1) is 18.4 Å². The Balaban J connectivity index is 1.33. The van der Waals surface area contributed by atoms with Crippen molar-refractivity contribution in [3.05, 3.63) is 29.8 Å². The van der Waals surface area contributed by atoms with E-state index in [1.165, 1.54) is 45.6 Å². The van der Waals surface area contributed by atoms with E-state index in [1.54, 1.807) is 12.1 Å². The van der Waals surface area contributed by atoms with E-state index in [0.29, 0.717) is 10.3 Å². The van der Waals surface area contributed by atoms with Crippen LogP contribution in [0.1, 0.15) is 48.9 Å². The molecule has 5 aliphatic rings. The molecule has 1 aromatic carbocycles. The molecule has 1 N–H and O–H groups in total. The fourth-order valence-electron chi connectivity index (χ4n) is 5.76. The summed E-state index contributed by atoms with van der Waals surface area (Å²) in [4.78, 5) is 11.6. The first-order valence-electron chi connectivity index (χ1n) is 9.45. The Hall–Kier alpha value is -1.76. The van der Waals surface area contributed by atoms with E-state index in [-0.39, 0.29) is 11.5 Å². The number of hydrazine groups is 1. The highest BCUT2D eigenvalue weighted by Gasteiger charge is 2.53. The third kappa shape index (κ3) is 2.76. The molecule has 4 fully saturated rings. The van der Waals surface area contributed by atoms with Crippen molar-refractivity contribution in [3.63, 3.8) is 0 Å². The molecule has 7 heteroatoms. The van der Waals surface area contributed by atoms with Gasteiger partial charge in [0.2, 0.25) is 5.50 Å². The highest BCUT2D eigenvalue weighted by atomic mass is 32.2. The Labute approximate surface area is 157 Å². The van der Waals surface area contributed by atoms with E-state index >= 15 is 0 Å². The van der Waals surface area contributed by atoms with Crippen LogP contribution >= 0.6 is 11.8 Å². The average molecular weight is 372 g/mol. The van der Waals surface area contributed by atoms with E-state index in [9.17, 15) is 4.79 Å². The number of nitrogens with one attached hydrogen (secondary N) is 1. The van der Waals surface area contributed by atoms with Crippen LogP contribution in [0.3, 0.4) is 0 Å². The summed E-state index contributed by atoms with van der Waals surface area (Å²) in [5, 5.41) is 10.5. The summed E-state index contributed by atoms with van der Waals surface area (Å²) in [7, 11) is 1.40. The maximum atomic E-state index is 11.6. The minimum atomic E-state index is -0.320. The lowest BCUT2D eigenvalue weighted by Crippen LogP contribution is -2.50. The molecule has 0 aromatic heterocycles. The zero-order valence-electron chi connectivity index (χ0n) is 14.9. The second-order valence-electron chi connectivity index (χ2n) is 8.27. The van der Waals surface area contributed by atoms with Gasteiger partial charge in [-0.2, -0.15) is 5.53 Å². The van der Waals surface area contributed by atoms with Crippen molar-refractivity contribution in [1.82, 2.24) is 5.53 Å². The molecule has 26 heavy (non-hydrogen) atoms. The summed E-state index contributed by atoms with van der Waals surface area (Å²) in [5.41, 5.74) is 4.49. The number of esters is 1. The predicted octanol–water partition coefficient (Wildman–Crippen LogP) is 4.15. The first-order valence-corrected chi connectivity index (χ1v) is 10.3. The highest BCUT2D eigenvalue weighted by Crippen LogP contribution is 2.61. The van der Waals surface area contributed by atoms with Gasteiger partial charge in [-0.3, -0.25) is 0 Å². The number of rotatable bonds is 4. The van der Waals surface area contributed by atoms with Crippen molar-refractivity contribution in [2.45, 2.75) is 48.8 Å². The van der Waals surface area contributed by atoms with E-state index < -0.39 is 0 Å². The lowest BCUT2D eigenvalue weighted by atomic mass is 9.56. The number of carbonyl (C=O) groups excluding carboxylic acids is 1. The Morgan fingerprint density at radius 2 is 1.77 bits per heavy atom. The van der Waals surface area contributed by atoms with Crippen LogP contribution in [0.2, 0.25) is 0 Å². The molecule has 4 aliphatic carbocycles. The van der Waals surface area contributed by atoms with Gasteiger partial charge in [0, 0.05) is 4.75 Å². The molecule has 138 valence electrons. The molecule has 1 aromatic rings. The summed E-state index contributed by atoms with van der Waals surface area (Å²) in [6, 6.07) is 7.41. The molecule has 0 radical (unpaired) electrons. The number of hydrogen-bond donors (Lipinski definition) is 1. The van der Waals surface area contributed by atoms with Crippen LogP contribution in [0, 0.1) is 17.8 Å². The minimum Gasteiger partial charge on any atom is -0.465 e. The van der Waals surface area contributed by atoms with E-state index in [1.807, 2.05) is 28.9 Å². The highest BCUT2D eigenvalue weighted by molar-refractivity contribution is 8.01. The Bertz CT molecular complexity index is 700. The number of hydrogen-bond acceptors (Lipinski definition) is 7. The molecule has 1 heterocycles. The quantitative estimate of drug-likeness (QED) is 0.804. The fraction of sp³-hybridized carbons (Fsp3) is 0.632. The Morgan fingerprint density at radius 3 is 2.35 bits per heavy atom. The number of methoxy groups -OCH3 is 1. The lowest BCUT2D eigenvalue weighted by Gasteiger charge is -2.56. The second kappa shape index (κ2) is 6.15. The normalized spacial score (nSPS) is 37.0. The lowest BCUT2D eigenvalue weighted by molar-refractivity contribution is 0.0381. The van der Waals surface area contributed by atoms with Crippen LogP contribution in [0.4, 0.5) is 5.69 Å². The third-order valence-electron chi connectivity index (χ3n) is 6.43. The number of benzene rings is 1. The molecule has 6 rings (SSSR count). The van der Waals surface area contributed by atoms with Crippen molar-refractivity contribution in [3.8, 4) is 0 Å². The number of nitrogens with zero attached hydrogens (tertiary/aromatic N) is 3. The summed E-state index contributed by atoms with van der Waals surface area (Å²) >= 11 is 1.99. The average Bonchev–Trinajstić information content (AvgIpc) is 3.07. The van der Waals surface area contributed by atoms with Crippen LogP contribution < -0.4 is 10.5 Å². The molecular formula is C19H24N4O2S. The summed E-state index contributed by atoms with van der Waals surface area (Å²) in [5.74, 6) is 2.45. The fourth-order valence-corrected chi connectivity index (χ4v) is 7.57. The van der Waals surface area contributed by atoms with Gasteiger partial charge in [0.15, 0.2) is 0 Å². The van der Waals surface area contributed by atoms with Crippen molar-refractivity contribution in [2.24, 2.45) is 28.1 Å². The van der Waals surface area contributed by atoms with Crippen molar-refractivity contribution in [1.29, 1.82) is 0 Å². The molecule has 4 saturated carbocycles. The van der Waals surface area contributed by atoms with Gasteiger partial charge in [-0.05, 0) is 80.5 Å². The number of carbonyl (C=O) groups is 1. The molecule has 6 nitrogen and oxygen atoms in total. The first-order chi connectivity index (χ1) is 12.6. The predicted molar refractivity (Wildman–Crippen MR) is 101 cm³/mol. The van der Waals surface area contributed by atoms with Crippen molar-refractivity contribution < 1.29 is 9.53 Å². The SMILES string of the molecule is COC(=O)c1ccc(N2NN=NC2SC23CC4CC(CC(C4)C2)C3)cc1. The number of ether oxygens (including phenoxy) is 1. The van der Waals surface area contributed by atoms with Crippen LogP contribution in [-0.4, -0.2) is 23.3 Å². The van der Waals surface area contributed by atoms with Crippen LogP contribution in [0.5, 0.6) is 0 Å². The van der Waals surface area contributed by atoms with Gasteiger partial charge in [0.25, 0.3) is 0 Å². The molecule has 1 atom stereocenters. The molecule has 1 aliphatic heterocycles. The Kier molecular flexibility index (Phi) is 3.88. The zero-order valence-corrected chi connectivity index (χ0v) is 15.7. The van der Waals surface area contributed by atoms with Crippen LogP contribution in [-0.2, 0) is 4.74 Å². The maximum absolute atomic E-state index is 11.6. The molecule has 4 bridgehead atoms. The second-order valence-corrected chi connectivity index (χ2v) is 9.79. The third-order valence-corrected chi connectivity index (χ3v) is 7.95. The maximum Gasteiger partial charge on any atom is 0.337 e. The van der Waals surface area contributed by atoms with Gasteiger partial charge in [-0.25, -0.2) is 9.80 Å². The molecule has 0 saturated heterocycles. The molecular weight excluding hydrogens is 348 g/mol. The van der Waals surface area contributed by atoms with Gasteiger partial charge in [-0.15, -0.1) is 16.9 Å². The van der Waals surface area contributed by atoms with Gasteiger partial charge in [0.1, 0.15) is 0 Å². The Morgan fingerprint density at radius 1 is 1.15 bits per heavy atom. The summed E-state index contributed by atoms with van der Waals surface area (Å²) in [6.45, 7) is 0. The topological polar surface area (TPSA) is 66.3 Å². The smallest absolute Gasteiger partial charge is 0.337 e. The number of thioether (sulfide) groups is 1. The summed E-state index contributed by atoms with van der Waals surface area (Å²) < 4.78 is 5.14. The monoisotopic (exact) mass is 372 g/mol. The molecule has 0 spiro atoms. The first kappa shape index (κ1) is 16.4. The number of anilines is 1. The van der Waals surface area contributed by atoms with E-state index in [2.05, 4.69) is 15.9 Å². The standard InChI is InChI=1S/C19H24N4O2S/c1-25-17(24)15-2-4-16(5-3-15)23-18(20-21-22-23)26-19-9-12-6-13(10-19)8-14(7-12)11-19/h2-5,12-14,18H,6-11H2,1H3,(H,20,22). The van der Waals surface area contributed by atoms with Gasteiger partial charge >= 0.3 is 5.97 Å².